The number of rotatable bonds is 5. The summed E-state index contributed by atoms with van der Waals surface area (Å²) < 4.78 is 10.1. The highest BCUT2D eigenvalue weighted by Crippen LogP contribution is 2.00. The largest absolute Gasteiger partial charge is 0.495 e. The zero-order valence-corrected chi connectivity index (χ0v) is 8.42. The van der Waals surface area contributed by atoms with Crippen molar-refractivity contribution in [3.05, 3.63) is 24.0 Å². The van der Waals surface area contributed by atoms with Gasteiger partial charge in [-0.1, -0.05) is 6.58 Å². The number of hydrogen-bond donors (Lipinski definition) is 0. The van der Waals surface area contributed by atoms with Crippen LogP contribution in [0, 0.1) is 0 Å². The van der Waals surface area contributed by atoms with Crippen LogP contribution in [0.5, 0.6) is 0 Å². The van der Waals surface area contributed by atoms with Crippen LogP contribution in [0.1, 0.15) is 20.8 Å². The van der Waals surface area contributed by atoms with E-state index < -0.39 is 0 Å². The van der Waals surface area contributed by atoms with E-state index in [0.717, 1.165) is 0 Å². The topological polar surface area (TPSA) is 35.5 Å². The maximum absolute atomic E-state index is 11.0. The zero-order chi connectivity index (χ0) is 10.3. The van der Waals surface area contributed by atoms with Gasteiger partial charge in [-0.15, -0.1) is 0 Å². The molecule has 0 heterocycles. The first kappa shape index (κ1) is 11.8. The van der Waals surface area contributed by atoms with Gasteiger partial charge in [0.25, 0.3) is 0 Å². The van der Waals surface area contributed by atoms with Crippen LogP contribution in [0.2, 0.25) is 0 Å². The van der Waals surface area contributed by atoms with Gasteiger partial charge in [-0.25, -0.2) is 4.79 Å². The van der Waals surface area contributed by atoms with E-state index in [4.69, 9.17) is 9.47 Å². The second-order valence-corrected chi connectivity index (χ2v) is 2.54. The van der Waals surface area contributed by atoms with Crippen molar-refractivity contribution in [3.63, 3.8) is 0 Å². The molecule has 0 aliphatic carbocycles. The Morgan fingerprint density at radius 2 is 2.08 bits per heavy atom. The van der Waals surface area contributed by atoms with Crippen LogP contribution in [-0.2, 0) is 14.3 Å². The van der Waals surface area contributed by atoms with E-state index in [9.17, 15) is 4.79 Å². The summed E-state index contributed by atoms with van der Waals surface area (Å²) in [5, 5.41) is 0. The van der Waals surface area contributed by atoms with Gasteiger partial charge in [-0.3, -0.25) is 0 Å². The van der Waals surface area contributed by atoms with Crippen molar-refractivity contribution >= 4 is 5.97 Å². The van der Waals surface area contributed by atoms with Crippen LogP contribution in [0.15, 0.2) is 24.0 Å². The normalized spacial score (nSPS) is 10.8. The molecular formula is C10H16O3. The lowest BCUT2D eigenvalue weighted by atomic mass is 10.4. The molecule has 0 aliphatic heterocycles. The summed E-state index contributed by atoms with van der Waals surface area (Å²) in [7, 11) is 0. The Bertz CT molecular complexity index is 216. The number of carbonyl (C=O) groups is 1. The Morgan fingerprint density at radius 3 is 2.46 bits per heavy atom. The van der Waals surface area contributed by atoms with Crippen molar-refractivity contribution in [3.8, 4) is 0 Å². The highest BCUT2D eigenvalue weighted by atomic mass is 16.6. The van der Waals surface area contributed by atoms with Crippen molar-refractivity contribution in [2.24, 2.45) is 0 Å². The Kier molecular flexibility index (Phi) is 5.68. The summed E-state index contributed by atoms with van der Waals surface area (Å²) in [5.41, 5.74) is 0.395. The zero-order valence-electron chi connectivity index (χ0n) is 8.42. The van der Waals surface area contributed by atoms with Crippen LogP contribution in [-0.4, -0.2) is 19.2 Å². The van der Waals surface area contributed by atoms with Crippen LogP contribution in [0.4, 0.5) is 0 Å². The minimum Gasteiger partial charge on any atom is -0.495 e. The van der Waals surface area contributed by atoms with Crippen LogP contribution in [0.25, 0.3) is 0 Å². The van der Waals surface area contributed by atoms with Gasteiger partial charge in [-0.2, -0.15) is 0 Å². The van der Waals surface area contributed by atoms with Crippen LogP contribution >= 0.6 is 0 Å². The predicted octanol–water partition coefficient (Wildman–Crippen LogP) is 2.05. The monoisotopic (exact) mass is 184 g/mol. The van der Waals surface area contributed by atoms with Crippen molar-refractivity contribution in [2.45, 2.75) is 20.8 Å². The molecule has 0 aliphatic rings. The van der Waals surface area contributed by atoms with E-state index in [1.54, 1.807) is 13.0 Å². The number of carbonyl (C=O) groups excluding carboxylic acids is 1. The lowest BCUT2D eigenvalue weighted by molar-refractivity contribution is -0.138. The number of esters is 1. The van der Waals surface area contributed by atoms with Gasteiger partial charge in [0.1, 0.15) is 12.4 Å². The molecule has 0 N–H and O–H groups in total. The molecule has 3 nitrogen and oxygen atoms in total. The van der Waals surface area contributed by atoms with Gasteiger partial charge in [0.05, 0.1) is 6.61 Å². The summed E-state index contributed by atoms with van der Waals surface area (Å²) in [6, 6.07) is 0. The molecule has 0 saturated carbocycles. The first-order valence-electron chi connectivity index (χ1n) is 4.22. The summed E-state index contributed by atoms with van der Waals surface area (Å²) >= 11 is 0. The standard InChI is InChI=1S/C10H16O3/c1-5-9(12-6-2)7-13-10(11)8(3)4/h5H,3,6-7H2,1-2,4H3. The molecule has 0 spiro atoms. The maximum atomic E-state index is 11.0. The Balaban J connectivity index is 3.86. The molecule has 74 valence electrons. The van der Waals surface area contributed by atoms with Crippen LogP contribution < -0.4 is 0 Å². The van der Waals surface area contributed by atoms with Crippen LogP contribution in [0.3, 0.4) is 0 Å². The molecule has 0 aromatic rings. The highest BCUT2D eigenvalue weighted by molar-refractivity contribution is 5.86. The maximum Gasteiger partial charge on any atom is 0.333 e. The third-order valence-corrected chi connectivity index (χ3v) is 1.35. The molecule has 0 radical (unpaired) electrons. The minimum absolute atomic E-state index is 0.177. The minimum atomic E-state index is -0.390. The second kappa shape index (κ2) is 6.29. The molecule has 0 bridgehead atoms. The lowest BCUT2D eigenvalue weighted by Crippen LogP contribution is -2.09. The van der Waals surface area contributed by atoms with E-state index in [2.05, 4.69) is 6.58 Å². The molecular weight excluding hydrogens is 168 g/mol. The Morgan fingerprint density at radius 1 is 1.46 bits per heavy atom. The van der Waals surface area contributed by atoms with E-state index in [1.807, 2.05) is 13.8 Å². The first-order chi connectivity index (χ1) is 6.11. The van der Waals surface area contributed by atoms with E-state index >= 15 is 0 Å². The molecule has 0 aromatic heterocycles. The average molecular weight is 184 g/mol. The fourth-order valence-electron chi connectivity index (χ4n) is 0.654. The van der Waals surface area contributed by atoms with Crippen molar-refractivity contribution in [2.75, 3.05) is 13.2 Å². The van der Waals surface area contributed by atoms with Crippen molar-refractivity contribution in [1.29, 1.82) is 0 Å². The summed E-state index contributed by atoms with van der Waals surface area (Å²) in [6.07, 6.45) is 1.77. The lowest BCUT2D eigenvalue weighted by Gasteiger charge is -2.08. The molecule has 0 atom stereocenters. The summed E-state index contributed by atoms with van der Waals surface area (Å²) in [4.78, 5) is 11.0. The highest BCUT2D eigenvalue weighted by Gasteiger charge is 2.04. The third-order valence-electron chi connectivity index (χ3n) is 1.35. The molecule has 0 aromatic carbocycles. The van der Waals surface area contributed by atoms with E-state index in [1.165, 1.54) is 0 Å². The van der Waals surface area contributed by atoms with Gasteiger partial charge >= 0.3 is 5.97 Å². The molecule has 0 unspecified atom stereocenters. The second-order valence-electron chi connectivity index (χ2n) is 2.54. The summed E-state index contributed by atoms with van der Waals surface area (Å²) in [6.45, 7) is 9.54. The molecule has 13 heavy (non-hydrogen) atoms. The number of hydrogen-bond acceptors (Lipinski definition) is 3. The summed E-state index contributed by atoms with van der Waals surface area (Å²) in [5.74, 6) is 0.274. The van der Waals surface area contributed by atoms with Gasteiger partial charge in [-0.05, 0) is 26.8 Å². The fraction of sp³-hybridized carbons (Fsp3) is 0.500. The molecule has 3 heteroatoms. The molecule has 0 amide bonds. The quantitative estimate of drug-likeness (QED) is 0.372. The fourth-order valence-corrected chi connectivity index (χ4v) is 0.654. The smallest absolute Gasteiger partial charge is 0.333 e. The SMILES string of the molecule is C=C(C)C(=O)OCC(=CC)OCC. The van der Waals surface area contributed by atoms with Gasteiger partial charge in [0.15, 0.2) is 0 Å². The third kappa shape index (κ3) is 5.06. The first-order valence-corrected chi connectivity index (χ1v) is 4.22. The average Bonchev–Trinajstić information content (AvgIpc) is 2.11. The molecule has 0 rings (SSSR count). The van der Waals surface area contributed by atoms with Crippen molar-refractivity contribution < 1.29 is 14.3 Å². The van der Waals surface area contributed by atoms with Gasteiger partial charge in [0.2, 0.25) is 0 Å². The van der Waals surface area contributed by atoms with Gasteiger partial charge in [0, 0.05) is 5.57 Å². The molecule has 0 fully saturated rings. The predicted molar refractivity (Wildman–Crippen MR) is 51.2 cm³/mol. The number of allylic oxidation sites excluding steroid dienone is 1. The Labute approximate surface area is 79.0 Å². The van der Waals surface area contributed by atoms with Crippen molar-refractivity contribution in [1.82, 2.24) is 0 Å². The van der Waals surface area contributed by atoms with E-state index in [-0.39, 0.29) is 12.6 Å². The molecule has 0 saturated heterocycles. The van der Waals surface area contributed by atoms with Gasteiger partial charge < -0.3 is 9.47 Å². The number of ether oxygens (including phenoxy) is 2. The Hall–Kier alpha value is -1.25. The van der Waals surface area contributed by atoms with E-state index in [0.29, 0.717) is 17.9 Å².